The first-order chi connectivity index (χ1) is 22.1. The Labute approximate surface area is 265 Å². The molecule has 1 unspecified atom stereocenters. The van der Waals surface area contributed by atoms with Crippen molar-refractivity contribution in [3.05, 3.63) is 137 Å². The first-order valence-electron chi connectivity index (χ1n) is 14.9. The Morgan fingerprint density at radius 2 is 1.28 bits per heavy atom. The molecule has 1 atom stereocenters. The van der Waals surface area contributed by atoms with Gasteiger partial charge in [0.2, 0.25) is 0 Å². The van der Waals surface area contributed by atoms with Gasteiger partial charge in [0.25, 0.3) is 0 Å². The molecule has 46 heavy (non-hydrogen) atoms. The number of unbranched alkanes of at least 4 members (excludes halogenated alkanes) is 1. The second-order valence-corrected chi connectivity index (χ2v) is 10.8. The van der Waals surface area contributed by atoms with Crippen LogP contribution in [0.4, 0.5) is 13.2 Å². The van der Waals surface area contributed by atoms with E-state index in [9.17, 15) is 33.0 Å². The molecule has 0 amide bonds. The Hall–Kier alpha value is -5.05. The maximum atomic E-state index is 12.7. The molecule has 4 aromatic rings. The standard InChI is InChI=1S/C37H35F3O6/c38-37(39,40)32-19-21-33(22-20-32)45-23-3-4-24-46-34-6-2-1-5-29(34)14-11-27(25-28-12-17-31(18-13-28)36(43)44)8-7-26-9-15-30(16-10-26)35(41)42/h1-2,5-6,9-22,27H,3-4,7-8,23-25H2,(H,41,42)(H,43,44)/b14-11+. The normalized spacial score (nSPS) is 12.2. The third kappa shape index (κ3) is 10.5. The van der Waals surface area contributed by atoms with E-state index >= 15 is 0 Å². The van der Waals surface area contributed by atoms with Crippen molar-refractivity contribution in [3.63, 3.8) is 0 Å². The van der Waals surface area contributed by atoms with Crippen molar-refractivity contribution < 1.29 is 42.4 Å². The Balaban J connectivity index is 1.34. The first-order valence-corrected chi connectivity index (χ1v) is 14.9. The lowest BCUT2D eigenvalue weighted by atomic mass is 9.91. The maximum absolute atomic E-state index is 12.7. The van der Waals surface area contributed by atoms with Crippen LogP contribution in [0.5, 0.6) is 11.5 Å². The van der Waals surface area contributed by atoms with Crippen molar-refractivity contribution in [2.75, 3.05) is 13.2 Å². The van der Waals surface area contributed by atoms with E-state index in [0.717, 1.165) is 47.4 Å². The van der Waals surface area contributed by atoms with Crippen LogP contribution in [-0.4, -0.2) is 35.4 Å². The summed E-state index contributed by atoms with van der Waals surface area (Å²) in [7, 11) is 0. The Morgan fingerprint density at radius 3 is 1.87 bits per heavy atom. The molecule has 0 bridgehead atoms. The fourth-order valence-corrected chi connectivity index (χ4v) is 4.82. The van der Waals surface area contributed by atoms with Crippen molar-refractivity contribution in [2.45, 2.75) is 38.3 Å². The lowest BCUT2D eigenvalue weighted by Crippen LogP contribution is -2.06. The highest BCUT2D eigenvalue weighted by atomic mass is 19.4. The van der Waals surface area contributed by atoms with Gasteiger partial charge in [-0.1, -0.05) is 54.6 Å². The number of benzene rings is 4. The van der Waals surface area contributed by atoms with Crippen LogP contribution in [0.2, 0.25) is 0 Å². The van der Waals surface area contributed by atoms with Crippen LogP contribution in [0.3, 0.4) is 0 Å². The summed E-state index contributed by atoms with van der Waals surface area (Å²) in [6, 6.07) is 26.0. The fourth-order valence-electron chi connectivity index (χ4n) is 4.82. The second kappa shape index (κ2) is 16.3. The van der Waals surface area contributed by atoms with Gasteiger partial charge in [-0.25, -0.2) is 9.59 Å². The van der Waals surface area contributed by atoms with E-state index in [2.05, 4.69) is 6.08 Å². The number of carboxylic acids is 2. The summed E-state index contributed by atoms with van der Waals surface area (Å²) in [5.74, 6) is -0.740. The predicted molar refractivity (Wildman–Crippen MR) is 169 cm³/mol. The summed E-state index contributed by atoms with van der Waals surface area (Å²) < 4.78 is 49.8. The minimum atomic E-state index is -4.38. The van der Waals surface area contributed by atoms with Gasteiger partial charge in [0.15, 0.2) is 0 Å². The van der Waals surface area contributed by atoms with Gasteiger partial charge < -0.3 is 19.7 Å². The zero-order valence-electron chi connectivity index (χ0n) is 25.1. The third-order valence-corrected chi connectivity index (χ3v) is 7.42. The third-order valence-electron chi connectivity index (χ3n) is 7.42. The number of aryl methyl sites for hydroxylation is 1. The average Bonchev–Trinajstić information content (AvgIpc) is 3.04. The molecule has 0 aliphatic rings. The number of hydrogen-bond donors (Lipinski definition) is 2. The van der Waals surface area contributed by atoms with E-state index in [1.54, 1.807) is 24.3 Å². The zero-order valence-corrected chi connectivity index (χ0v) is 25.1. The van der Waals surface area contributed by atoms with Gasteiger partial charge in [0.1, 0.15) is 11.5 Å². The molecule has 9 heteroatoms. The summed E-state index contributed by atoms with van der Waals surface area (Å²) in [5, 5.41) is 18.4. The lowest BCUT2D eigenvalue weighted by molar-refractivity contribution is -0.137. The van der Waals surface area contributed by atoms with E-state index in [0.29, 0.717) is 38.2 Å². The molecule has 0 aromatic heterocycles. The number of halogens is 3. The summed E-state index contributed by atoms with van der Waals surface area (Å²) in [6.07, 6.45) is 3.31. The van der Waals surface area contributed by atoms with Crippen molar-refractivity contribution in [3.8, 4) is 11.5 Å². The minimum Gasteiger partial charge on any atom is -0.494 e. The van der Waals surface area contributed by atoms with Gasteiger partial charge in [-0.3, -0.25) is 0 Å². The number of para-hydroxylation sites is 1. The van der Waals surface area contributed by atoms with Gasteiger partial charge in [0.05, 0.1) is 29.9 Å². The number of alkyl halides is 3. The van der Waals surface area contributed by atoms with Crippen molar-refractivity contribution in [1.29, 1.82) is 0 Å². The molecule has 0 saturated carbocycles. The highest BCUT2D eigenvalue weighted by molar-refractivity contribution is 5.88. The number of aromatic carboxylic acids is 2. The molecular weight excluding hydrogens is 597 g/mol. The molecule has 0 aliphatic carbocycles. The Kier molecular flexibility index (Phi) is 12.0. The van der Waals surface area contributed by atoms with Crippen LogP contribution < -0.4 is 9.47 Å². The highest BCUT2D eigenvalue weighted by Crippen LogP contribution is 2.30. The molecule has 6 nitrogen and oxygen atoms in total. The molecule has 2 N–H and O–H groups in total. The maximum Gasteiger partial charge on any atom is 0.416 e. The lowest BCUT2D eigenvalue weighted by Gasteiger charge is -2.15. The molecule has 4 rings (SSSR count). The van der Waals surface area contributed by atoms with Crippen LogP contribution in [0.1, 0.15) is 62.2 Å². The van der Waals surface area contributed by atoms with Gasteiger partial charge in [0, 0.05) is 5.56 Å². The smallest absolute Gasteiger partial charge is 0.416 e. The van der Waals surface area contributed by atoms with Crippen LogP contribution in [0.15, 0.2) is 103 Å². The summed E-state index contributed by atoms with van der Waals surface area (Å²) in [5.41, 5.74) is 2.68. The molecule has 240 valence electrons. The average molecular weight is 633 g/mol. The molecule has 0 radical (unpaired) electrons. The Morgan fingerprint density at radius 1 is 0.717 bits per heavy atom. The number of carboxylic acid groups (broad SMARTS) is 2. The highest BCUT2D eigenvalue weighted by Gasteiger charge is 2.30. The van der Waals surface area contributed by atoms with E-state index in [4.69, 9.17) is 9.47 Å². The fraction of sp³-hybridized carbons (Fsp3) is 0.243. The molecule has 0 aliphatic heterocycles. The van der Waals surface area contributed by atoms with E-state index in [1.807, 2.05) is 54.6 Å². The van der Waals surface area contributed by atoms with Gasteiger partial charge in [-0.05, 0) is 104 Å². The van der Waals surface area contributed by atoms with Crippen LogP contribution in [0.25, 0.3) is 6.08 Å². The molecule has 0 saturated heterocycles. The number of hydrogen-bond acceptors (Lipinski definition) is 4. The SMILES string of the molecule is O=C(O)c1ccc(CCC(/C=C/c2ccccc2OCCCCOc2ccc(C(F)(F)F)cc2)Cc2ccc(C(=O)O)cc2)cc1. The van der Waals surface area contributed by atoms with Crippen LogP contribution in [-0.2, 0) is 19.0 Å². The first kappa shape index (κ1) is 33.8. The number of allylic oxidation sites excluding steroid dienone is 1. The van der Waals surface area contributed by atoms with Gasteiger partial charge in [-0.2, -0.15) is 13.2 Å². The Bertz CT molecular complexity index is 1590. The molecule has 0 fully saturated rings. The monoisotopic (exact) mass is 632 g/mol. The number of carbonyl (C=O) groups is 2. The second-order valence-electron chi connectivity index (χ2n) is 10.8. The molecule has 0 heterocycles. The van der Waals surface area contributed by atoms with E-state index in [1.165, 1.54) is 12.1 Å². The molecular formula is C37H35F3O6. The van der Waals surface area contributed by atoms with Crippen molar-refractivity contribution in [1.82, 2.24) is 0 Å². The predicted octanol–water partition coefficient (Wildman–Crippen LogP) is 8.84. The topological polar surface area (TPSA) is 93.1 Å². The summed E-state index contributed by atoms with van der Waals surface area (Å²) in [4.78, 5) is 22.5. The van der Waals surface area contributed by atoms with Gasteiger partial charge >= 0.3 is 18.1 Å². The number of rotatable bonds is 16. The quantitative estimate of drug-likeness (QED) is 0.120. The van der Waals surface area contributed by atoms with E-state index < -0.39 is 23.7 Å². The van der Waals surface area contributed by atoms with E-state index in [-0.39, 0.29) is 17.0 Å². The zero-order chi connectivity index (χ0) is 32.9. The molecule has 0 spiro atoms. The van der Waals surface area contributed by atoms with Crippen molar-refractivity contribution >= 4 is 18.0 Å². The summed E-state index contributed by atoms with van der Waals surface area (Å²) >= 11 is 0. The molecule has 4 aromatic carbocycles. The van der Waals surface area contributed by atoms with Gasteiger partial charge in [-0.15, -0.1) is 0 Å². The van der Waals surface area contributed by atoms with Crippen molar-refractivity contribution in [2.24, 2.45) is 5.92 Å². The number of ether oxygens (including phenoxy) is 2. The minimum absolute atomic E-state index is 0.102. The largest absolute Gasteiger partial charge is 0.494 e. The van der Waals surface area contributed by atoms with Crippen LogP contribution in [0, 0.1) is 5.92 Å². The van der Waals surface area contributed by atoms with Crippen LogP contribution >= 0.6 is 0 Å². The summed E-state index contributed by atoms with van der Waals surface area (Å²) in [6.45, 7) is 0.789.